The van der Waals surface area contributed by atoms with Crippen molar-refractivity contribution in [2.75, 3.05) is 7.11 Å². The van der Waals surface area contributed by atoms with Gasteiger partial charge in [-0.2, -0.15) is 23.4 Å². The number of aromatic nitrogens is 5. The molecular weight excluding hydrogens is 389 g/mol. The number of nitrogens with zero attached hydrogens (tertiary/aromatic N) is 5. The fraction of sp³-hybridized carbons (Fsp3) is 0.333. The SMILES string of the molecule is COc1cc(-c2cc3n(n2)CCC3NC(=O)c2cc(C(F)(F)F)nn2C)ccn1. The normalized spacial score (nSPS) is 16.0. The van der Waals surface area contributed by atoms with E-state index in [0.717, 1.165) is 22.0 Å². The molecule has 0 saturated carbocycles. The van der Waals surface area contributed by atoms with Gasteiger partial charge in [-0.3, -0.25) is 14.2 Å². The number of fused-ring (bicyclic) bond motifs is 1. The minimum absolute atomic E-state index is 0.158. The largest absolute Gasteiger partial charge is 0.481 e. The number of carbonyl (C=O) groups is 1. The Hall–Kier alpha value is -3.37. The molecule has 4 heterocycles. The predicted octanol–water partition coefficient (Wildman–Crippen LogP) is 2.58. The number of aryl methyl sites for hydroxylation is 2. The zero-order valence-electron chi connectivity index (χ0n) is 15.6. The van der Waals surface area contributed by atoms with Crippen molar-refractivity contribution >= 4 is 5.91 Å². The molecule has 1 unspecified atom stereocenters. The highest BCUT2D eigenvalue weighted by Crippen LogP contribution is 2.32. The third-order valence-corrected chi connectivity index (χ3v) is 4.75. The maximum Gasteiger partial charge on any atom is 0.435 e. The average molecular weight is 406 g/mol. The summed E-state index contributed by atoms with van der Waals surface area (Å²) in [7, 11) is 2.82. The van der Waals surface area contributed by atoms with E-state index < -0.39 is 17.8 Å². The number of carbonyl (C=O) groups excluding carboxylic acids is 1. The van der Waals surface area contributed by atoms with Crippen molar-refractivity contribution in [3.8, 4) is 17.1 Å². The zero-order valence-corrected chi connectivity index (χ0v) is 15.6. The van der Waals surface area contributed by atoms with Crippen LogP contribution in [0.15, 0.2) is 30.5 Å². The number of nitrogens with one attached hydrogen (secondary N) is 1. The molecule has 0 bridgehead atoms. The van der Waals surface area contributed by atoms with Gasteiger partial charge in [-0.1, -0.05) is 0 Å². The monoisotopic (exact) mass is 406 g/mol. The van der Waals surface area contributed by atoms with Gasteiger partial charge in [0.15, 0.2) is 5.69 Å². The number of ether oxygens (including phenoxy) is 1. The standard InChI is InChI=1S/C18H17F3N6O2/c1-26-14(9-15(25-26)18(19,20)21)17(28)23-11-4-6-27-13(11)8-12(24-27)10-3-5-22-16(7-10)29-2/h3,5,7-9,11H,4,6H2,1-2H3,(H,23,28). The molecule has 0 radical (unpaired) electrons. The van der Waals surface area contributed by atoms with Crippen LogP contribution < -0.4 is 10.1 Å². The van der Waals surface area contributed by atoms with Crippen LogP contribution in [0.25, 0.3) is 11.3 Å². The molecule has 1 amide bonds. The second-order valence-electron chi connectivity index (χ2n) is 6.62. The highest BCUT2D eigenvalue weighted by atomic mass is 19.4. The van der Waals surface area contributed by atoms with Crippen molar-refractivity contribution in [3.63, 3.8) is 0 Å². The summed E-state index contributed by atoms with van der Waals surface area (Å²) in [5.74, 6) is -0.167. The fourth-order valence-electron chi connectivity index (χ4n) is 3.31. The number of halogens is 3. The van der Waals surface area contributed by atoms with E-state index in [1.54, 1.807) is 23.0 Å². The summed E-state index contributed by atoms with van der Waals surface area (Å²) >= 11 is 0. The minimum Gasteiger partial charge on any atom is -0.481 e. The van der Waals surface area contributed by atoms with Crippen molar-refractivity contribution in [2.24, 2.45) is 7.05 Å². The molecular formula is C18H17F3N6O2. The molecule has 4 rings (SSSR count). The molecule has 0 aliphatic carbocycles. The van der Waals surface area contributed by atoms with Gasteiger partial charge in [0.05, 0.1) is 24.5 Å². The van der Waals surface area contributed by atoms with Gasteiger partial charge in [-0.15, -0.1) is 0 Å². The number of rotatable bonds is 4. The third-order valence-electron chi connectivity index (χ3n) is 4.75. The lowest BCUT2D eigenvalue weighted by molar-refractivity contribution is -0.141. The van der Waals surface area contributed by atoms with E-state index in [1.807, 2.05) is 6.07 Å². The Morgan fingerprint density at radius 2 is 2.07 bits per heavy atom. The van der Waals surface area contributed by atoms with Crippen molar-refractivity contribution in [2.45, 2.75) is 25.2 Å². The smallest absolute Gasteiger partial charge is 0.435 e. The first-order valence-corrected chi connectivity index (χ1v) is 8.76. The van der Waals surface area contributed by atoms with Crippen LogP contribution in [0.1, 0.15) is 34.3 Å². The van der Waals surface area contributed by atoms with Crippen LogP contribution in [-0.2, 0) is 19.8 Å². The number of methoxy groups -OCH3 is 1. The Morgan fingerprint density at radius 1 is 1.28 bits per heavy atom. The van der Waals surface area contributed by atoms with Gasteiger partial charge >= 0.3 is 6.18 Å². The van der Waals surface area contributed by atoms with E-state index in [9.17, 15) is 18.0 Å². The zero-order chi connectivity index (χ0) is 20.8. The minimum atomic E-state index is -4.61. The first-order chi connectivity index (χ1) is 13.8. The molecule has 1 N–H and O–H groups in total. The highest BCUT2D eigenvalue weighted by molar-refractivity contribution is 5.93. The van der Waals surface area contributed by atoms with Crippen molar-refractivity contribution in [1.82, 2.24) is 29.9 Å². The summed E-state index contributed by atoms with van der Waals surface area (Å²) in [6.07, 6.45) is -2.40. The number of hydrogen-bond acceptors (Lipinski definition) is 5. The van der Waals surface area contributed by atoms with Gasteiger partial charge in [0.25, 0.3) is 5.91 Å². The molecule has 0 fully saturated rings. The lowest BCUT2D eigenvalue weighted by Crippen LogP contribution is -2.28. The quantitative estimate of drug-likeness (QED) is 0.720. The van der Waals surface area contributed by atoms with Gasteiger partial charge in [0, 0.05) is 37.5 Å². The van der Waals surface area contributed by atoms with E-state index in [-0.39, 0.29) is 11.7 Å². The summed E-state index contributed by atoms with van der Waals surface area (Å²) in [5.41, 5.74) is 1.03. The Kier molecular flexibility index (Phi) is 4.52. The van der Waals surface area contributed by atoms with Gasteiger partial charge in [-0.05, 0) is 18.6 Å². The van der Waals surface area contributed by atoms with Crippen LogP contribution in [0.3, 0.4) is 0 Å². The van der Waals surface area contributed by atoms with Crippen LogP contribution >= 0.6 is 0 Å². The van der Waals surface area contributed by atoms with Crippen molar-refractivity contribution < 1.29 is 22.7 Å². The molecule has 0 aromatic carbocycles. The summed E-state index contributed by atoms with van der Waals surface area (Å²) in [5, 5.41) is 10.7. The summed E-state index contributed by atoms with van der Waals surface area (Å²) < 4.78 is 46.3. The molecule has 1 atom stereocenters. The molecule has 11 heteroatoms. The number of pyridine rings is 1. The Bertz CT molecular complexity index is 1070. The highest BCUT2D eigenvalue weighted by Gasteiger charge is 2.36. The first kappa shape index (κ1) is 19.0. The molecule has 0 spiro atoms. The molecule has 8 nitrogen and oxygen atoms in total. The van der Waals surface area contributed by atoms with Crippen molar-refractivity contribution in [1.29, 1.82) is 0 Å². The second-order valence-corrected chi connectivity index (χ2v) is 6.62. The Balaban J connectivity index is 1.55. The van der Waals surface area contributed by atoms with Gasteiger partial charge in [0.1, 0.15) is 5.69 Å². The number of hydrogen-bond donors (Lipinski definition) is 1. The molecule has 3 aromatic heterocycles. The van der Waals surface area contributed by atoms with E-state index in [4.69, 9.17) is 4.74 Å². The lowest BCUT2D eigenvalue weighted by Gasteiger charge is -2.11. The maximum absolute atomic E-state index is 12.8. The van der Waals surface area contributed by atoms with Gasteiger partial charge in [0.2, 0.25) is 5.88 Å². The van der Waals surface area contributed by atoms with E-state index >= 15 is 0 Å². The van der Waals surface area contributed by atoms with E-state index in [2.05, 4.69) is 20.5 Å². The fourth-order valence-corrected chi connectivity index (χ4v) is 3.31. The molecule has 0 saturated heterocycles. The maximum atomic E-state index is 12.8. The molecule has 152 valence electrons. The molecule has 29 heavy (non-hydrogen) atoms. The number of alkyl halides is 3. The van der Waals surface area contributed by atoms with Crippen LogP contribution in [0.5, 0.6) is 5.88 Å². The van der Waals surface area contributed by atoms with E-state index in [1.165, 1.54) is 14.2 Å². The number of amides is 1. The van der Waals surface area contributed by atoms with Gasteiger partial charge < -0.3 is 10.1 Å². The predicted molar refractivity (Wildman–Crippen MR) is 95.0 cm³/mol. The van der Waals surface area contributed by atoms with Crippen LogP contribution in [0.4, 0.5) is 13.2 Å². The Labute approximate surface area is 163 Å². The first-order valence-electron chi connectivity index (χ1n) is 8.76. The lowest BCUT2D eigenvalue weighted by atomic mass is 10.1. The topological polar surface area (TPSA) is 86.9 Å². The average Bonchev–Trinajstić information content (AvgIpc) is 3.36. The van der Waals surface area contributed by atoms with Crippen LogP contribution in [0.2, 0.25) is 0 Å². The molecule has 3 aromatic rings. The molecule has 1 aliphatic heterocycles. The summed E-state index contributed by atoms with van der Waals surface area (Å²) in [6.45, 7) is 0.585. The summed E-state index contributed by atoms with van der Waals surface area (Å²) in [4.78, 5) is 16.6. The van der Waals surface area contributed by atoms with Gasteiger partial charge in [-0.25, -0.2) is 4.98 Å². The third kappa shape index (κ3) is 3.55. The van der Waals surface area contributed by atoms with E-state index in [0.29, 0.717) is 24.5 Å². The van der Waals surface area contributed by atoms with Crippen molar-refractivity contribution in [3.05, 3.63) is 47.5 Å². The van der Waals surface area contributed by atoms with Crippen LogP contribution in [0, 0.1) is 0 Å². The van der Waals surface area contributed by atoms with Crippen LogP contribution in [-0.4, -0.2) is 37.6 Å². The molecule has 1 aliphatic rings. The second kappa shape index (κ2) is 6.90. The Morgan fingerprint density at radius 3 is 2.76 bits per heavy atom. The summed E-state index contributed by atoms with van der Waals surface area (Å²) in [6, 6.07) is 5.77.